The van der Waals surface area contributed by atoms with Crippen LogP contribution in [0.15, 0.2) is 12.1 Å². The molecule has 4 rings (SSSR count). The maximum absolute atomic E-state index is 6.12. The van der Waals surface area contributed by atoms with Crippen molar-refractivity contribution in [1.29, 1.82) is 0 Å². The van der Waals surface area contributed by atoms with Gasteiger partial charge in [-0.2, -0.15) is 0 Å². The highest BCUT2D eigenvalue weighted by atomic mass is 32.1. The number of aryl methyl sites for hydroxylation is 1. The average molecular weight is 306 g/mol. The summed E-state index contributed by atoms with van der Waals surface area (Å²) in [6.45, 7) is 9.18. The third-order valence-corrected chi connectivity index (χ3v) is 6.09. The van der Waals surface area contributed by atoms with Crippen LogP contribution in [-0.2, 0) is 11.3 Å². The molecule has 3 fully saturated rings. The van der Waals surface area contributed by atoms with Crippen molar-refractivity contribution in [3.8, 4) is 0 Å². The standard InChI is InChI=1S/C17H26N2OS/c1-13-2-5-17(21-13)11-18-6-7-19-10-16(8-15(19)9-18)20-12-14-3-4-14/h2,5,14-16H,3-4,6-12H2,1H3/t15-,16-/m0/s1. The van der Waals surface area contributed by atoms with E-state index < -0.39 is 0 Å². The molecule has 1 saturated carbocycles. The molecule has 21 heavy (non-hydrogen) atoms. The molecule has 0 N–H and O–H groups in total. The molecule has 116 valence electrons. The quantitative estimate of drug-likeness (QED) is 0.832. The lowest BCUT2D eigenvalue weighted by atomic mass is 10.1. The number of hydrogen-bond acceptors (Lipinski definition) is 4. The molecule has 3 nitrogen and oxygen atoms in total. The van der Waals surface area contributed by atoms with Gasteiger partial charge in [0.05, 0.1) is 6.10 Å². The van der Waals surface area contributed by atoms with Crippen LogP contribution in [-0.4, -0.2) is 54.7 Å². The Hall–Kier alpha value is -0.420. The SMILES string of the molecule is Cc1ccc(CN2CCN3C[C@@H](OCC4CC4)C[C@H]3C2)s1. The third kappa shape index (κ3) is 3.50. The fraction of sp³-hybridized carbons (Fsp3) is 0.765. The van der Waals surface area contributed by atoms with E-state index in [2.05, 4.69) is 28.9 Å². The molecule has 4 heteroatoms. The fourth-order valence-corrected chi connectivity index (χ4v) is 4.61. The monoisotopic (exact) mass is 306 g/mol. The first-order valence-electron chi connectivity index (χ1n) is 8.39. The Bertz CT molecular complexity index is 485. The van der Waals surface area contributed by atoms with Crippen molar-refractivity contribution in [2.24, 2.45) is 5.92 Å². The summed E-state index contributed by atoms with van der Waals surface area (Å²) in [6, 6.07) is 5.26. The number of nitrogens with zero attached hydrogens (tertiary/aromatic N) is 2. The van der Waals surface area contributed by atoms with Gasteiger partial charge >= 0.3 is 0 Å². The summed E-state index contributed by atoms with van der Waals surface area (Å²) in [4.78, 5) is 8.24. The zero-order valence-corrected chi connectivity index (χ0v) is 13.8. The molecule has 0 amide bonds. The Kier molecular flexibility index (Phi) is 4.05. The molecule has 2 atom stereocenters. The van der Waals surface area contributed by atoms with E-state index in [9.17, 15) is 0 Å². The highest BCUT2D eigenvalue weighted by Crippen LogP contribution is 2.31. The summed E-state index contributed by atoms with van der Waals surface area (Å²) < 4.78 is 6.12. The van der Waals surface area contributed by atoms with Crippen LogP contribution < -0.4 is 0 Å². The van der Waals surface area contributed by atoms with E-state index in [1.165, 1.54) is 55.2 Å². The fourth-order valence-electron chi connectivity index (χ4n) is 3.67. The van der Waals surface area contributed by atoms with Crippen molar-refractivity contribution in [2.45, 2.75) is 44.9 Å². The van der Waals surface area contributed by atoms with E-state index in [0.717, 1.165) is 25.1 Å². The Morgan fingerprint density at radius 3 is 2.90 bits per heavy atom. The number of piperazine rings is 1. The molecular weight excluding hydrogens is 280 g/mol. The molecular formula is C17H26N2OS. The number of hydrogen-bond donors (Lipinski definition) is 0. The second kappa shape index (κ2) is 5.99. The minimum Gasteiger partial charge on any atom is -0.377 e. The van der Waals surface area contributed by atoms with Crippen LogP contribution in [0.25, 0.3) is 0 Å². The van der Waals surface area contributed by atoms with Crippen LogP contribution in [0.3, 0.4) is 0 Å². The Labute approximate surface area is 131 Å². The van der Waals surface area contributed by atoms with Gasteiger partial charge in [0.15, 0.2) is 0 Å². The van der Waals surface area contributed by atoms with Gasteiger partial charge in [-0.05, 0) is 44.2 Å². The molecule has 0 radical (unpaired) electrons. The van der Waals surface area contributed by atoms with Gasteiger partial charge in [-0.25, -0.2) is 0 Å². The summed E-state index contributed by atoms with van der Waals surface area (Å²) in [5.74, 6) is 0.890. The number of thiophene rings is 1. The van der Waals surface area contributed by atoms with Crippen molar-refractivity contribution in [2.75, 3.05) is 32.8 Å². The lowest BCUT2D eigenvalue weighted by molar-refractivity contribution is 0.0508. The van der Waals surface area contributed by atoms with Crippen molar-refractivity contribution in [1.82, 2.24) is 9.80 Å². The third-order valence-electron chi connectivity index (χ3n) is 5.10. The zero-order valence-electron chi connectivity index (χ0n) is 13.0. The molecule has 2 aliphatic heterocycles. The number of rotatable bonds is 5. The second-order valence-corrected chi connectivity index (χ2v) is 8.40. The van der Waals surface area contributed by atoms with Gasteiger partial charge in [-0.1, -0.05) is 0 Å². The smallest absolute Gasteiger partial charge is 0.0717 e. The van der Waals surface area contributed by atoms with Crippen LogP contribution in [0, 0.1) is 12.8 Å². The molecule has 1 aliphatic carbocycles. The minimum atomic E-state index is 0.500. The Morgan fingerprint density at radius 1 is 1.24 bits per heavy atom. The highest BCUT2D eigenvalue weighted by molar-refractivity contribution is 7.11. The first kappa shape index (κ1) is 14.2. The topological polar surface area (TPSA) is 15.7 Å². The lowest BCUT2D eigenvalue weighted by Gasteiger charge is -2.37. The maximum Gasteiger partial charge on any atom is 0.0717 e. The first-order valence-corrected chi connectivity index (χ1v) is 9.21. The minimum absolute atomic E-state index is 0.500. The van der Waals surface area contributed by atoms with E-state index in [0.29, 0.717) is 6.10 Å². The summed E-state index contributed by atoms with van der Waals surface area (Å²) in [5, 5.41) is 0. The predicted molar refractivity (Wildman–Crippen MR) is 86.8 cm³/mol. The summed E-state index contributed by atoms with van der Waals surface area (Å²) >= 11 is 1.95. The molecule has 1 aromatic rings. The summed E-state index contributed by atoms with van der Waals surface area (Å²) in [7, 11) is 0. The van der Waals surface area contributed by atoms with E-state index in [4.69, 9.17) is 4.74 Å². The van der Waals surface area contributed by atoms with E-state index in [1.54, 1.807) is 0 Å². The van der Waals surface area contributed by atoms with Gasteiger partial charge in [-0.3, -0.25) is 9.80 Å². The highest BCUT2D eigenvalue weighted by Gasteiger charge is 2.37. The van der Waals surface area contributed by atoms with E-state index in [1.807, 2.05) is 11.3 Å². The van der Waals surface area contributed by atoms with Crippen LogP contribution in [0.5, 0.6) is 0 Å². The largest absolute Gasteiger partial charge is 0.377 e. The van der Waals surface area contributed by atoms with Crippen LogP contribution in [0.1, 0.15) is 29.0 Å². The average Bonchev–Trinajstić information content (AvgIpc) is 3.08. The van der Waals surface area contributed by atoms with Crippen LogP contribution >= 0.6 is 11.3 Å². The number of fused-ring (bicyclic) bond motifs is 1. The van der Waals surface area contributed by atoms with Gasteiger partial charge in [0.2, 0.25) is 0 Å². The zero-order chi connectivity index (χ0) is 14.2. The molecule has 0 spiro atoms. The maximum atomic E-state index is 6.12. The van der Waals surface area contributed by atoms with Gasteiger partial charge in [0.25, 0.3) is 0 Å². The van der Waals surface area contributed by atoms with Gasteiger partial charge < -0.3 is 4.74 Å². The molecule has 0 aromatic carbocycles. The lowest BCUT2D eigenvalue weighted by Crippen LogP contribution is -2.49. The molecule has 0 bridgehead atoms. The molecule has 3 aliphatic rings. The summed E-state index contributed by atoms with van der Waals surface area (Å²) in [6.07, 6.45) is 4.54. The van der Waals surface area contributed by atoms with Crippen molar-refractivity contribution < 1.29 is 4.74 Å². The normalized spacial score (nSPS) is 30.7. The molecule has 2 saturated heterocycles. The van der Waals surface area contributed by atoms with Crippen molar-refractivity contribution >= 4 is 11.3 Å². The Balaban J connectivity index is 1.28. The van der Waals surface area contributed by atoms with Gasteiger partial charge in [0.1, 0.15) is 0 Å². The van der Waals surface area contributed by atoms with Crippen molar-refractivity contribution in [3.05, 3.63) is 21.9 Å². The first-order chi connectivity index (χ1) is 10.3. The van der Waals surface area contributed by atoms with Crippen molar-refractivity contribution in [3.63, 3.8) is 0 Å². The number of ether oxygens (including phenoxy) is 1. The second-order valence-electron chi connectivity index (χ2n) is 7.03. The van der Waals surface area contributed by atoms with Crippen LogP contribution in [0.4, 0.5) is 0 Å². The predicted octanol–water partition coefficient (Wildman–Crippen LogP) is 2.74. The van der Waals surface area contributed by atoms with E-state index in [-0.39, 0.29) is 0 Å². The summed E-state index contributed by atoms with van der Waals surface area (Å²) in [5.41, 5.74) is 0. The molecule has 0 unspecified atom stereocenters. The van der Waals surface area contributed by atoms with Gasteiger partial charge in [-0.15, -0.1) is 11.3 Å². The van der Waals surface area contributed by atoms with Gasteiger partial charge in [0, 0.05) is 55.1 Å². The Morgan fingerprint density at radius 2 is 2.14 bits per heavy atom. The molecule has 1 aromatic heterocycles. The van der Waals surface area contributed by atoms with Crippen LogP contribution in [0.2, 0.25) is 0 Å². The molecule has 3 heterocycles. The van der Waals surface area contributed by atoms with E-state index >= 15 is 0 Å².